The number of carboxylic acid groups (broad SMARTS) is 2. The zero-order valence-corrected chi connectivity index (χ0v) is 15.7. The predicted octanol–water partition coefficient (Wildman–Crippen LogP) is -3.61. The molecule has 0 heterocycles. The molecule has 12 N–H and O–H groups in total. The lowest BCUT2D eigenvalue weighted by Gasteiger charge is -2.08. The highest BCUT2D eigenvalue weighted by molar-refractivity contribution is 5.69. The van der Waals surface area contributed by atoms with E-state index in [1.54, 1.807) is 0 Å². The molecule has 0 radical (unpaired) electrons. The van der Waals surface area contributed by atoms with Gasteiger partial charge in [0.05, 0.1) is 11.9 Å². The lowest BCUT2D eigenvalue weighted by atomic mass is 10.1. The monoisotopic (exact) mass is 416 g/mol. The van der Waals surface area contributed by atoms with Crippen molar-refractivity contribution in [3.05, 3.63) is 71.8 Å². The summed E-state index contributed by atoms with van der Waals surface area (Å²) in [5.74, 6) is -2.20. The number of hydrogen-bond donors (Lipinski definition) is 6. The first-order chi connectivity index (χ1) is 13.4. The molecule has 0 amide bonds. The molecule has 2 aromatic carbocycles. The maximum absolute atomic E-state index is 10.3. The van der Waals surface area contributed by atoms with Gasteiger partial charge in [0.25, 0.3) is 0 Å². The summed E-state index contributed by atoms with van der Waals surface area (Å²) in [6.45, 7) is 0. The minimum atomic E-state index is -1.10. The van der Waals surface area contributed by atoms with E-state index in [9.17, 15) is 19.8 Å². The molecule has 0 saturated heterocycles. The average Bonchev–Trinajstić information content (AvgIpc) is 2.73. The number of rotatable bonds is 6. The van der Waals surface area contributed by atoms with Crippen molar-refractivity contribution in [3.63, 3.8) is 0 Å². The van der Waals surface area contributed by atoms with Crippen LogP contribution in [0.15, 0.2) is 60.7 Å². The van der Waals surface area contributed by atoms with Crippen molar-refractivity contribution < 1.29 is 57.8 Å². The lowest BCUT2D eigenvalue weighted by Crippen LogP contribution is -2.69. The third kappa shape index (κ3) is 15.8. The fraction of sp³-hybridized carbons (Fsp3) is 0.222. The van der Waals surface area contributed by atoms with Gasteiger partial charge < -0.3 is 36.7 Å². The maximum atomic E-state index is 10.3. The van der Waals surface area contributed by atoms with Crippen LogP contribution < -0.4 is 21.7 Å². The molecule has 0 aliphatic rings. The summed E-state index contributed by atoms with van der Waals surface area (Å²) in [5, 5.41) is 44.7. The van der Waals surface area contributed by atoms with Crippen molar-refractivity contribution in [2.45, 2.75) is 24.9 Å². The van der Waals surface area contributed by atoms with Gasteiger partial charge in [0.1, 0.15) is 12.1 Å². The summed E-state index contributed by atoms with van der Waals surface area (Å²) >= 11 is 0. The minimum absolute atomic E-state index is 0. The van der Waals surface area contributed by atoms with Crippen LogP contribution in [0.2, 0.25) is 0 Å². The van der Waals surface area contributed by atoms with Crippen LogP contribution in [0.25, 0.3) is 0 Å². The zero-order chi connectivity index (χ0) is 21.9. The van der Waals surface area contributed by atoms with E-state index < -0.39 is 24.0 Å². The second kappa shape index (κ2) is 19.9. The first kappa shape index (κ1) is 30.8. The minimum Gasteiger partial charge on any atom is -0.544 e. The quantitative estimate of drug-likeness (QED) is 0.202. The Bertz CT molecular complexity index is 585. The third-order valence-electron chi connectivity index (χ3n) is 3.32. The summed E-state index contributed by atoms with van der Waals surface area (Å²) < 4.78 is 0. The van der Waals surface area contributed by atoms with Crippen molar-refractivity contribution in [3.8, 4) is 0 Å². The lowest BCUT2D eigenvalue weighted by molar-refractivity contribution is -0.437. The van der Waals surface area contributed by atoms with Crippen LogP contribution in [0.4, 0.5) is 0 Å². The van der Waals surface area contributed by atoms with Crippen LogP contribution in [0.5, 0.6) is 0 Å². The molecule has 0 aliphatic heterocycles. The van der Waals surface area contributed by atoms with Gasteiger partial charge in [-0.3, -0.25) is 21.0 Å². The van der Waals surface area contributed by atoms with E-state index in [1.165, 1.54) is 0 Å². The Balaban J connectivity index is -0.000000386. The van der Waals surface area contributed by atoms with E-state index in [0.717, 1.165) is 11.1 Å². The smallest absolute Gasteiger partial charge is 0.129 e. The van der Waals surface area contributed by atoms with Gasteiger partial charge in [-0.1, -0.05) is 60.7 Å². The summed E-state index contributed by atoms with van der Waals surface area (Å²) in [4.78, 5) is 20.7. The van der Waals surface area contributed by atoms with Crippen LogP contribution >= 0.6 is 0 Å². The molecule has 2 rings (SSSR count). The van der Waals surface area contributed by atoms with Gasteiger partial charge in [-0.25, -0.2) is 0 Å². The van der Waals surface area contributed by atoms with Crippen molar-refractivity contribution in [2.24, 2.45) is 0 Å². The largest absolute Gasteiger partial charge is 0.544 e. The zero-order valence-electron chi connectivity index (χ0n) is 15.7. The number of quaternary nitrogens is 2. The summed E-state index contributed by atoms with van der Waals surface area (Å²) in [6.07, 6.45) is 0.867. The van der Waals surface area contributed by atoms with Crippen LogP contribution in [0, 0.1) is 0 Å². The van der Waals surface area contributed by atoms with E-state index >= 15 is 0 Å². The molecule has 0 fully saturated rings. The highest BCUT2D eigenvalue weighted by atomic mass is 17.0. The van der Waals surface area contributed by atoms with Gasteiger partial charge in [0, 0.05) is 12.8 Å². The second-order valence-electron chi connectivity index (χ2n) is 5.41. The molecule has 0 aromatic heterocycles. The van der Waals surface area contributed by atoms with Crippen molar-refractivity contribution in [2.75, 3.05) is 0 Å². The maximum Gasteiger partial charge on any atom is 0.129 e. The normalized spacial score (nSPS) is 10.7. The standard InChI is InChI=1S/2C9H11NO2.2H2O2.H2O/c2*10-8(9(11)12)6-7-4-2-1-3-5-7;2*1-2;/h2*1-5,8H,6,10H2,(H,11,12);2*1-2H;1H2/t2*8-;;;/m00.../s1. The Morgan fingerprint density at radius 2 is 0.931 bits per heavy atom. The highest BCUT2D eigenvalue weighted by Crippen LogP contribution is 2.00. The van der Waals surface area contributed by atoms with E-state index in [4.69, 9.17) is 21.0 Å². The number of carbonyl (C=O) groups excluding carboxylic acids is 2. The summed E-state index contributed by atoms with van der Waals surface area (Å²) in [5.41, 5.74) is 8.89. The SMILES string of the molecule is O.OO.OO.[NH3+][C@@H](Cc1ccccc1)C(=O)[O-].[NH3+][C@@H](Cc1ccccc1)C(=O)[O-]. The van der Waals surface area contributed by atoms with Crippen LogP contribution in [-0.4, -0.2) is 50.5 Å². The Morgan fingerprint density at radius 1 is 0.690 bits per heavy atom. The van der Waals surface area contributed by atoms with E-state index in [2.05, 4.69) is 11.5 Å². The number of aliphatic carboxylic acids is 2. The molecule has 0 saturated carbocycles. The van der Waals surface area contributed by atoms with Gasteiger partial charge in [-0.05, 0) is 11.1 Å². The second-order valence-corrected chi connectivity index (χ2v) is 5.41. The van der Waals surface area contributed by atoms with E-state index in [0.29, 0.717) is 12.8 Å². The average molecular weight is 416 g/mol. The van der Waals surface area contributed by atoms with Crippen LogP contribution in [0.1, 0.15) is 11.1 Å². The van der Waals surface area contributed by atoms with Gasteiger partial charge in [0.2, 0.25) is 0 Å². The van der Waals surface area contributed by atoms with Gasteiger partial charge in [-0.15, -0.1) is 0 Å². The Kier molecular flexibility index (Phi) is 21.1. The molecule has 0 aliphatic carbocycles. The van der Waals surface area contributed by atoms with Crippen LogP contribution in [0.3, 0.4) is 0 Å². The van der Waals surface area contributed by atoms with Crippen molar-refractivity contribution in [1.29, 1.82) is 0 Å². The number of benzene rings is 2. The van der Waals surface area contributed by atoms with Crippen LogP contribution in [-0.2, 0) is 22.4 Å². The predicted molar refractivity (Wildman–Crippen MR) is 97.8 cm³/mol. The van der Waals surface area contributed by atoms with E-state index in [1.807, 2.05) is 60.7 Å². The highest BCUT2D eigenvalue weighted by Gasteiger charge is 2.07. The van der Waals surface area contributed by atoms with Crippen molar-refractivity contribution >= 4 is 11.9 Å². The Labute approximate surface area is 167 Å². The van der Waals surface area contributed by atoms with Crippen molar-refractivity contribution in [1.82, 2.24) is 0 Å². The first-order valence-electron chi connectivity index (χ1n) is 7.96. The molecule has 0 spiro atoms. The topological polar surface area (TPSA) is 248 Å². The molecule has 0 unspecified atom stereocenters. The fourth-order valence-electron chi connectivity index (χ4n) is 1.96. The summed E-state index contributed by atoms with van der Waals surface area (Å²) in [6, 6.07) is 17.5. The Morgan fingerprint density at radius 3 is 1.14 bits per heavy atom. The molecule has 29 heavy (non-hydrogen) atoms. The number of carbonyl (C=O) groups is 2. The van der Waals surface area contributed by atoms with E-state index in [-0.39, 0.29) is 5.48 Å². The fourth-order valence-corrected chi connectivity index (χ4v) is 1.96. The Hall–Kier alpha value is -2.90. The first-order valence-corrected chi connectivity index (χ1v) is 7.96. The molecule has 0 bridgehead atoms. The molecular formula is C18H28N2O9. The molecule has 2 atom stereocenters. The number of hydrogen-bond acceptors (Lipinski definition) is 8. The molecule has 11 heteroatoms. The molecular weight excluding hydrogens is 388 g/mol. The third-order valence-corrected chi connectivity index (χ3v) is 3.32. The molecule has 11 nitrogen and oxygen atoms in total. The van der Waals surface area contributed by atoms with Gasteiger partial charge in [0.15, 0.2) is 0 Å². The number of carboxylic acids is 2. The summed E-state index contributed by atoms with van der Waals surface area (Å²) in [7, 11) is 0. The molecule has 164 valence electrons. The molecule has 2 aromatic rings. The van der Waals surface area contributed by atoms with Gasteiger partial charge in [-0.2, -0.15) is 0 Å². The van der Waals surface area contributed by atoms with Gasteiger partial charge >= 0.3 is 0 Å².